The maximum Gasteiger partial charge on any atom is 0.416 e. The number of quaternary nitrogens is 1. The molecule has 0 radical (unpaired) electrons. The Kier molecular flexibility index (Phi) is 7.12. The number of likely N-dealkylation sites (tertiary alicyclic amines) is 1. The SMILES string of the molecule is CC#CC(=O)N1CCCCC1C1=C2C=NC=C[N+]2(C)C(c2ccc(C(=O)Nc3cc(C(F)(F)F)ccn3)cc2)=N1. The number of carbonyl (C=O) groups is 2. The van der Waals surface area contributed by atoms with Gasteiger partial charge >= 0.3 is 6.18 Å². The van der Waals surface area contributed by atoms with Gasteiger partial charge in [0.15, 0.2) is 5.70 Å². The maximum absolute atomic E-state index is 13.0. The number of pyridine rings is 1. The van der Waals surface area contributed by atoms with E-state index in [0.29, 0.717) is 12.4 Å². The van der Waals surface area contributed by atoms with Crippen molar-refractivity contribution in [2.45, 2.75) is 38.4 Å². The Morgan fingerprint density at radius 2 is 1.93 bits per heavy atom. The number of piperidine rings is 1. The second-order valence-corrected chi connectivity index (χ2v) is 9.70. The molecule has 1 aromatic carbocycles. The summed E-state index contributed by atoms with van der Waals surface area (Å²) < 4.78 is 39.3. The molecule has 1 fully saturated rings. The van der Waals surface area contributed by atoms with Gasteiger partial charge in [-0.25, -0.2) is 9.47 Å². The molecule has 2 aromatic rings. The van der Waals surface area contributed by atoms with Crippen LogP contribution in [-0.2, 0) is 11.0 Å². The van der Waals surface area contributed by atoms with E-state index < -0.39 is 17.6 Å². The highest BCUT2D eigenvalue weighted by Gasteiger charge is 2.46. The number of amidine groups is 1. The summed E-state index contributed by atoms with van der Waals surface area (Å²) in [5.41, 5.74) is 1.70. The molecule has 40 heavy (non-hydrogen) atoms. The highest BCUT2D eigenvalue weighted by Crippen LogP contribution is 2.38. The van der Waals surface area contributed by atoms with Crippen LogP contribution in [0.15, 0.2) is 76.4 Å². The van der Waals surface area contributed by atoms with E-state index in [1.54, 1.807) is 48.5 Å². The Morgan fingerprint density at radius 3 is 2.65 bits per heavy atom. The number of hydrogen-bond donors (Lipinski definition) is 1. The molecule has 5 rings (SSSR count). The normalized spacial score (nSPS) is 21.9. The third-order valence-corrected chi connectivity index (χ3v) is 7.12. The van der Waals surface area contributed by atoms with Crippen LogP contribution in [0.5, 0.6) is 0 Å². The van der Waals surface area contributed by atoms with E-state index in [2.05, 4.69) is 27.1 Å². The predicted octanol–water partition coefficient (Wildman–Crippen LogP) is 4.73. The van der Waals surface area contributed by atoms with Crippen LogP contribution in [0.2, 0.25) is 0 Å². The van der Waals surface area contributed by atoms with Crippen molar-refractivity contribution in [1.29, 1.82) is 0 Å². The second kappa shape index (κ2) is 10.5. The van der Waals surface area contributed by atoms with E-state index in [4.69, 9.17) is 4.99 Å². The first kappa shape index (κ1) is 27.0. The smallest absolute Gasteiger partial charge is 0.323 e. The van der Waals surface area contributed by atoms with Gasteiger partial charge in [0.05, 0.1) is 36.6 Å². The minimum atomic E-state index is -4.55. The lowest BCUT2D eigenvalue weighted by molar-refractivity contribution is -0.713. The molecule has 1 aromatic heterocycles. The number of fused-ring (bicyclic) bond motifs is 1. The quantitative estimate of drug-likeness (QED) is 0.444. The molecule has 11 heteroatoms. The van der Waals surface area contributed by atoms with Crippen molar-refractivity contribution in [3.63, 3.8) is 0 Å². The van der Waals surface area contributed by atoms with Gasteiger partial charge in [-0.1, -0.05) is 5.92 Å². The molecule has 3 aliphatic rings. The second-order valence-electron chi connectivity index (χ2n) is 9.70. The van der Waals surface area contributed by atoms with Crippen molar-refractivity contribution < 1.29 is 27.2 Å². The Balaban J connectivity index is 1.42. The summed E-state index contributed by atoms with van der Waals surface area (Å²) in [6, 6.07) is 8.03. The monoisotopic (exact) mass is 547 g/mol. The zero-order valence-electron chi connectivity index (χ0n) is 21.9. The van der Waals surface area contributed by atoms with Crippen LogP contribution in [0.25, 0.3) is 0 Å². The average Bonchev–Trinajstić information content (AvgIpc) is 3.25. The van der Waals surface area contributed by atoms with Gasteiger partial charge in [0, 0.05) is 18.3 Å². The van der Waals surface area contributed by atoms with Crippen LogP contribution >= 0.6 is 0 Å². The summed E-state index contributed by atoms with van der Waals surface area (Å²) in [6.45, 7) is 2.23. The van der Waals surface area contributed by atoms with E-state index >= 15 is 0 Å². The fourth-order valence-electron chi connectivity index (χ4n) is 5.10. The zero-order chi connectivity index (χ0) is 28.5. The first-order valence-electron chi connectivity index (χ1n) is 12.7. The number of halogens is 3. The lowest BCUT2D eigenvalue weighted by Gasteiger charge is -2.34. The molecule has 2 amide bonds. The molecule has 0 bridgehead atoms. The Morgan fingerprint density at radius 1 is 1.15 bits per heavy atom. The molecule has 1 N–H and O–H groups in total. The summed E-state index contributed by atoms with van der Waals surface area (Å²) >= 11 is 0. The van der Waals surface area contributed by atoms with Gasteiger partial charge in [-0.05, 0) is 68.5 Å². The Labute approximate surface area is 229 Å². The Hall–Kier alpha value is -4.56. The van der Waals surface area contributed by atoms with E-state index in [-0.39, 0.29) is 27.8 Å². The third-order valence-electron chi connectivity index (χ3n) is 7.12. The van der Waals surface area contributed by atoms with Gasteiger partial charge < -0.3 is 10.2 Å². The van der Waals surface area contributed by atoms with Crippen molar-refractivity contribution >= 4 is 29.7 Å². The highest BCUT2D eigenvalue weighted by molar-refractivity contribution is 6.05. The molecule has 2 unspecified atom stereocenters. The molecule has 4 heterocycles. The van der Waals surface area contributed by atoms with Gasteiger partial charge in [0.2, 0.25) is 5.84 Å². The van der Waals surface area contributed by atoms with Crippen molar-refractivity contribution in [2.24, 2.45) is 9.98 Å². The third kappa shape index (κ3) is 5.05. The number of nitrogens with one attached hydrogen (secondary N) is 1. The molecular weight excluding hydrogens is 521 g/mol. The first-order valence-corrected chi connectivity index (χ1v) is 12.7. The molecule has 8 nitrogen and oxygen atoms in total. The predicted molar refractivity (Wildman–Crippen MR) is 144 cm³/mol. The van der Waals surface area contributed by atoms with Crippen LogP contribution in [-0.4, -0.2) is 57.9 Å². The number of rotatable bonds is 4. The number of aromatic nitrogens is 1. The van der Waals surface area contributed by atoms with Crippen LogP contribution < -0.4 is 5.32 Å². The van der Waals surface area contributed by atoms with Crippen molar-refractivity contribution in [2.75, 3.05) is 18.9 Å². The molecule has 3 aliphatic heterocycles. The molecule has 204 valence electrons. The van der Waals surface area contributed by atoms with Crippen LogP contribution in [0.4, 0.5) is 19.0 Å². The van der Waals surface area contributed by atoms with Gasteiger partial charge in [-0.3, -0.25) is 14.6 Å². The topological polar surface area (TPSA) is 87.0 Å². The van der Waals surface area contributed by atoms with E-state index in [1.165, 1.54) is 0 Å². The lowest BCUT2D eigenvalue weighted by Crippen LogP contribution is -2.46. The number of benzene rings is 1. The summed E-state index contributed by atoms with van der Waals surface area (Å²) in [4.78, 5) is 40.5. The average molecular weight is 548 g/mol. The summed E-state index contributed by atoms with van der Waals surface area (Å²) in [6.07, 6.45) is 4.42. The number of amides is 2. The van der Waals surface area contributed by atoms with Gasteiger partial charge in [0.1, 0.15) is 17.7 Å². The standard InChI is InChI=1S/C29H25F3N6O2/c1-3-6-25(39)37-15-5-4-7-22(37)26-23-18-33-14-16-38(23,2)27(36-26)19-8-10-20(11-9-19)28(40)35-24-17-21(12-13-34-24)29(30,31)32/h8-14,16-18,22H,4-5,7,15H2,1-2H3/p+1. The molecular formula is C29H26F3N6O2+. The fourth-order valence-corrected chi connectivity index (χ4v) is 5.10. The number of anilines is 1. The van der Waals surface area contributed by atoms with Gasteiger partial charge in [-0.15, -0.1) is 0 Å². The minimum absolute atomic E-state index is 0.197. The number of alkyl halides is 3. The zero-order valence-corrected chi connectivity index (χ0v) is 21.9. The van der Waals surface area contributed by atoms with Crippen molar-refractivity contribution in [3.05, 3.63) is 83.1 Å². The molecule has 0 saturated carbocycles. The number of allylic oxidation sites excluding steroid dienone is 1. The van der Waals surface area contributed by atoms with Crippen LogP contribution in [0.1, 0.15) is 47.7 Å². The summed E-state index contributed by atoms with van der Waals surface area (Å²) in [7, 11) is 1.98. The Bertz CT molecular complexity index is 1550. The van der Waals surface area contributed by atoms with Crippen LogP contribution in [0, 0.1) is 11.8 Å². The van der Waals surface area contributed by atoms with E-state index in [9.17, 15) is 22.8 Å². The van der Waals surface area contributed by atoms with Crippen molar-refractivity contribution in [1.82, 2.24) is 9.88 Å². The molecule has 0 aliphatic carbocycles. The molecule has 1 saturated heterocycles. The summed E-state index contributed by atoms with van der Waals surface area (Å²) in [5.74, 6) is 5.02. The van der Waals surface area contributed by atoms with E-state index in [0.717, 1.165) is 54.5 Å². The summed E-state index contributed by atoms with van der Waals surface area (Å²) in [5, 5.41) is 2.42. The number of aliphatic imine (C=N–C) groups is 2. The highest BCUT2D eigenvalue weighted by atomic mass is 19.4. The largest absolute Gasteiger partial charge is 0.416 e. The van der Waals surface area contributed by atoms with Crippen molar-refractivity contribution in [3.8, 4) is 11.8 Å². The van der Waals surface area contributed by atoms with E-state index in [1.807, 2.05) is 13.2 Å². The fraction of sp³-hybridized carbons (Fsp3) is 0.276. The van der Waals surface area contributed by atoms with Crippen LogP contribution in [0.3, 0.4) is 0 Å². The lowest BCUT2D eigenvalue weighted by atomic mass is 9.98. The molecule has 0 spiro atoms. The maximum atomic E-state index is 13.0. The van der Waals surface area contributed by atoms with Gasteiger partial charge in [-0.2, -0.15) is 18.2 Å². The minimum Gasteiger partial charge on any atom is -0.323 e. The number of nitrogens with zero attached hydrogens (tertiary/aromatic N) is 5. The number of carbonyl (C=O) groups excluding carboxylic acids is 2. The number of hydrogen-bond acceptors (Lipinski definition) is 5. The first-order chi connectivity index (χ1) is 19.1. The molecule has 2 atom stereocenters. The van der Waals surface area contributed by atoms with Gasteiger partial charge in [0.25, 0.3) is 11.8 Å².